The minimum absolute atomic E-state index is 0.222. The SMILES string of the molecule is CSCCC(NC(=O)C(N)CC(=O)O)C(=O)NC(CCCCN)C(=O)NC(C(=O)O)C(C)C. The second-order valence-electron chi connectivity index (χ2n) is 7.96. The molecule has 0 bridgehead atoms. The number of hydrogen-bond donors (Lipinski definition) is 7. The van der Waals surface area contributed by atoms with Gasteiger partial charge in [-0.05, 0) is 50.2 Å². The van der Waals surface area contributed by atoms with Gasteiger partial charge in [0.05, 0.1) is 12.5 Å². The van der Waals surface area contributed by atoms with E-state index in [1.165, 1.54) is 11.8 Å². The number of rotatable bonds is 17. The van der Waals surface area contributed by atoms with Crippen LogP contribution in [0.5, 0.6) is 0 Å². The lowest BCUT2D eigenvalue weighted by Crippen LogP contribution is -2.57. The van der Waals surface area contributed by atoms with Gasteiger partial charge in [0.1, 0.15) is 18.1 Å². The maximum Gasteiger partial charge on any atom is 0.326 e. The number of carboxylic acid groups (broad SMARTS) is 2. The molecule has 4 atom stereocenters. The molecule has 0 saturated heterocycles. The summed E-state index contributed by atoms with van der Waals surface area (Å²) in [7, 11) is 0. The van der Waals surface area contributed by atoms with Crippen molar-refractivity contribution in [2.75, 3.05) is 18.6 Å². The van der Waals surface area contributed by atoms with Crippen LogP contribution in [0, 0.1) is 5.92 Å². The highest BCUT2D eigenvalue weighted by atomic mass is 32.2. The van der Waals surface area contributed by atoms with Gasteiger partial charge in [0.25, 0.3) is 0 Å². The highest BCUT2D eigenvalue weighted by Gasteiger charge is 2.31. The summed E-state index contributed by atoms with van der Waals surface area (Å²) in [6, 6.07) is -4.55. The zero-order valence-electron chi connectivity index (χ0n) is 19.3. The molecule has 12 nitrogen and oxygen atoms in total. The first-order valence-corrected chi connectivity index (χ1v) is 12.1. The van der Waals surface area contributed by atoms with E-state index in [0.717, 1.165) is 0 Å². The van der Waals surface area contributed by atoms with Crippen LogP contribution in [0.25, 0.3) is 0 Å². The number of hydrogen-bond acceptors (Lipinski definition) is 8. The molecule has 0 heterocycles. The van der Waals surface area contributed by atoms with E-state index in [0.29, 0.717) is 25.1 Å². The maximum atomic E-state index is 12.9. The first-order valence-electron chi connectivity index (χ1n) is 10.7. The Bertz CT molecular complexity index is 677. The number of carbonyl (C=O) groups excluding carboxylic acids is 3. The third-order valence-corrected chi connectivity index (χ3v) is 5.43. The molecule has 33 heavy (non-hydrogen) atoms. The Kier molecular flexibility index (Phi) is 15.1. The molecule has 0 aromatic rings. The van der Waals surface area contributed by atoms with Crippen molar-refractivity contribution < 1.29 is 34.2 Å². The molecule has 3 amide bonds. The second kappa shape index (κ2) is 16.3. The minimum Gasteiger partial charge on any atom is -0.481 e. The van der Waals surface area contributed by atoms with Crippen LogP contribution in [0.3, 0.4) is 0 Å². The molecule has 190 valence electrons. The number of amides is 3. The summed E-state index contributed by atoms with van der Waals surface area (Å²) < 4.78 is 0. The van der Waals surface area contributed by atoms with Crippen molar-refractivity contribution in [2.24, 2.45) is 17.4 Å². The highest BCUT2D eigenvalue weighted by molar-refractivity contribution is 7.98. The average molecular weight is 492 g/mol. The first kappa shape index (κ1) is 30.6. The van der Waals surface area contributed by atoms with Crippen LogP contribution in [-0.4, -0.2) is 82.6 Å². The Morgan fingerprint density at radius 3 is 1.91 bits per heavy atom. The Hall–Kier alpha value is -2.38. The van der Waals surface area contributed by atoms with Crippen LogP contribution in [0.15, 0.2) is 0 Å². The van der Waals surface area contributed by atoms with Gasteiger partial charge >= 0.3 is 11.9 Å². The Labute approximate surface area is 198 Å². The van der Waals surface area contributed by atoms with Crippen LogP contribution in [0.1, 0.15) is 46.0 Å². The molecule has 0 aromatic heterocycles. The van der Waals surface area contributed by atoms with Crippen molar-refractivity contribution in [3.05, 3.63) is 0 Å². The molecule has 0 aliphatic rings. The van der Waals surface area contributed by atoms with E-state index in [-0.39, 0.29) is 18.8 Å². The Balaban J connectivity index is 5.46. The highest BCUT2D eigenvalue weighted by Crippen LogP contribution is 2.08. The van der Waals surface area contributed by atoms with Gasteiger partial charge in [-0.25, -0.2) is 4.79 Å². The molecule has 0 aromatic carbocycles. The number of carbonyl (C=O) groups is 5. The third kappa shape index (κ3) is 12.4. The van der Waals surface area contributed by atoms with Crippen molar-refractivity contribution >= 4 is 41.4 Å². The lowest BCUT2D eigenvalue weighted by atomic mass is 10.0. The van der Waals surface area contributed by atoms with E-state index in [2.05, 4.69) is 16.0 Å². The molecular formula is C20H37N5O7S. The van der Waals surface area contributed by atoms with E-state index in [1.807, 2.05) is 6.26 Å². The molecule has 9 N–H and O–H groups in total. The molecule has 0 fully saturated rings. The van der Waals surface area contributed by atoms with E-state index < -0.39 is 60.2 Å². The number of nitrogens with two attached hydrogens (primary N) is 2. The summed E-state index contributed by atoms with van der Waals surface area (Å²) in [5, 5.41) is 25.6. The smallest absolute Gasteiger partial charge is 0.326 e. The largest absolute Gasteiger partial charge is 0.481 e. The number of thioether (sulfide) groups is 1. The average Bonchev–Trinajstić information content (AvgIpc) is 2.72. The number of aliphatic carboxylic acids is 2. The molecule has 4 unspecified atom stereocenters. The number of nitrogens with one attached hydrogen (secondary N) is 3. The summed E-state index contributed by atoms with van der Waals surface area (Å²) in [4.78, 5) is 60.2. The topological polar surface area (TPSA) is 214 Å². The van der Waals surface area contributed by atoms with Crippen molar-refractivity contribution in [1.82, 2.24) is 16.0 Å². The van der Waals surface area contributed by atoms with Gasteiger partial charge in [-0.2, -0.15) is 11.8 Å². The van der Waals surface area contributed by atoms with Gasteiger partial charge in [-0.3, -0.25) is 19.2 Å². The summed E-state index contributed by atoms with van der Waals surface area (Å²) in [6.07, 6.45) is 2.77. The lowest BCUT2D eigenvalue weighted by Gasteiger charge is -2.26. The molecule has 0 aliphatic carbocycles. The Morgan fingerprint density at radius 2 is 1.42 bits per heavy atom. The van der Waals surface area contributed by atoms with Gasteiger partial charge in [0.2, 0.25) is 17.7 Å². The van der Waals surface area contributed by atoms with E-state index in [1.54, 1.807) is 13.8 Å². The van der Waals surface area contributed by atoms with Crippen molar-refractivity contribution in [3.63, 3.8) is 0 Å². The number of unbranched alkanes of at least 4 members (excludes halogenated alkanes) is 1. The summed E-state index contributed by atoms with van der Waals surface area (Å²) in [5.41, 5.74) is 11.1. The Morgan fingerprint density at radius 1 is 0.879 bits per heavy atom. The molecular weight excluding hydrogens is 454 g/mol. The van der Waals surface area contributed by atoms with Crippen molar-refractivity contribution in [3.8, 4) is 0 Å². The summed E-state index contributed by atoms with van der Waals surface area (Å²) in [5.74, 6) is -4.42. The molecule has 0 radical (unpaired) electrons. The fourth-order valence-electron chi connectivity index (χ4n) is 2.87. The quantitative estimate of drug-likeness (QED) is 0.121. The first-order chi connectivity index (χ1) is 15.4. The molecule has 0 aliphatic heterocycles. The molecule has 0 rings (SSSR count). The minimum atomic E-state index is -1.34. The van der Waals surface area contributed by atoms with Crippen LogP contribution in [0.2, 0.25) is 0 Å². The van der Waals surface area contributed by atoms with Gasteiger partial charge in [-0.1, -0.05) is 13.8 Å². The monoisotopic (exact) mass is 491 g/mol. The van der Waals surface area contributed by atoms with Gasteiger partial charge in [0.15, 0.2) is 0 Å². The zero-order chi connectivity index (χ0) is 25.6. The van der Waals surface area contributed by atoms with Crippen LogP contribution in [-0.2, 0) is 24.0 Å². The van der Waals surface area contributed by atoms with E-state index in [4.69, 9.17) is 16.6 Å². The second-order valence-corrected chi connectivity index (χ2v) is 8.95. The molecule has 0 spiro atoms. The summed E-state index contributed by atoms with van der Waals surface area (Å²) >= 11 is 1.44. The predicted octanol–water partition coefficient (Wildman–Crippen LogP) is -1.13. The zero-order valence-corrected chi connectivity index (χ0v) is 20.2. The van der Waals surface area contributed by atoms with Crippen LogP contribution in [0.4, 0.5) is 0 Å². The predicted molar refractivity (Wildman–Crippen MR) is 124 cm³/mol. The number of carboxylic acids is 2. The molecule has 13 heteroatoms. The van der Waals surface area contributed by atoms with Gasteiger partial charge < -0.3 is 37.6 Å². The van der Waals surface area contributed by atoms with Gasteiger partial charge in [-0.15, -0.1) is 0 Å². The fourth-order valence-corrected chi connectivity index (χ4v) is 3.34. The summed E-state index contributed by atoms with van der Waals surface area (Å²) in [6.45, 7) is 3.69. The van der Waals surface area contributed by atoms with Gasteiger partial charge in [0, 0.05) is 0 Å². The standard InChI is InChI=1S/C20H37N5O7S/c1-11(2)16(20(31)32)25-19(30)13(6-4-5-8-21)24-18(29)14(7-9-33-3)23-17(28)12(22)10-15(26)27/h11-14,16H,4-10,21-22H2,1-3H3,(H,23,28)(H,24,29)(H,25,30)(H,26,27)(H,31,32). The van der Waals surface area contributed by atoms with Crippen molar-refractivity contribution in [2.45, 2.75) is 70.1 Å². The third-order valence-electron chi connectivity index (χ3n) is 4.79. The maximum absolute atomic E-state index is 12.9. The fraction of sp³-hybridized carbons (Fsp3) is 0.750. The lowest BCUT2D eigenvalue weighted by molar-refractivity contribution is -0.143. The van der Waals surface area contributed by atoms with Crippen LogP contribution >= 0.6 is 11.8 Å². The van der Waals surface area contributed by atoms with E-state index in [9.17, 15) is 29.1 Å². The van der Waals surface area contributed by atoms with E-state index >= 15 is 0 Å². The van der Waals surface area contributed by atoms with Crippen molar-refractivity contribution in [1.29, 1.82) is 0 Å². The molecule has 0 saturated carbocycles. The normalized spacial score (nSPS) is 14.6. The van der Waals surface area contributed by atoms with Crippen LogP contribution < -0.4 is 27.4 Å².